The molecule has 2 aromatic carbocycles. The molecule has 8 heteroatoms. The molecular formula is C24H20ClF3N2O2. The van der Waals surface area contributed by atoms with E-state index in [9.17, 15) is 23.2 Å². The number of rotatable bonds is 5. The Bertz CT molecular complexity index is 1120. The Labute approximate surface area is 188 Å². The fourth-order valence-electron chi connectivity index (χ4n) is 4.46. The summed E-state index contributed by atoms with van der Waals surface area (Å²) >= 11 is 5.99. The van der Waals surface area contributed by atoms with E-state index >= 15 is 0 Å². The van der Waals surface area contributed by atoms with Gasteiger partial charge < -0.3 is 10.1 Å². The molecule has 1 heterocycles. The van der Waals surface area contributed by atoms with Crippen LogP contribution in [-0.2, 0) is 16.8 Å². The van der Waals surface area contributed by atoms with Crippen molar-refractivity contribution in [3.8, 4) is 11.8 Å². The molecule has 2 aromatic rings. The molecule has 32 heavy (non-hydrogen) atoms. The number of hydrogen-bond donors (Lipinski definition) is 1. The van der Waals surface area contributed by atoms with E-state index in [1.807, 2.05) is 18.2 Å². The van der Waals surface area contributed by atoms with Crippen molar-refractivity contribution in [2.45, 2.75) is 43.8 Å². The highest BCUT2D eigenvalue weighted by atomic mass is 35.5. The first-order chi connectivity index (χ1) is 15.2. The van der Waals surface area contributed by atoms with E-state index in [-0.39, 0.29) is 18.6 Å². The second kappa shape index (κ2) is 8.51. The highest BCUT2D eigenvalue weighted by Crippen LogP contribution is 2.47. The number of halogens is 4. The Hall–Kier alpha value is -2.98. The average molecular weight is 461 g/mol. The predicted molar refractivity (Wildman–Crippen MR) is 114 cm³/mol. The fourth-order valence-corrected chi connectivity index (χ4v) is 4.59. The summed E-state index contributed by atoms with van der Waals surface area (Å²) in [6.07, 6.45) is -3.38. The van der Waals surface area contributed by atoms with Gasteiger partial charge >= 0.3 is 6.18 Å². The number of fused-ring (bicyclic) bond motifs is 2. The first-order valence-electron chi connectivity index (χ1n) is 10.3. The van der Waals surface area contributed by atoms with Crippen LogP contribution >= 0.6 is 11.6 Å². The molecule has 4 rings (SSSR count). The predicted octanol–water partition coefficient (Wildman–Crippen LogP) is 5.70. The Kier molecular flexibility index (Phi) is 5.91. The molecule has 1 aliphatic carbocycles. The monoisotopic (exact) mass is 460 g/mol. The molecule has 1 unspecified atom stereocenters. The van der Waals surface area contributed by atoms with E-state index in [0.717, 1.165) is 16.7 Å². The van der Waals surface area contributed by atoms with E-state index in [1.54, 1.807) is 30.3 Å². The molecule has 1 atom stereocenters. The molecule has 1 amide bonds. The van der Waals surface area contributed by atoms with E-state index in [4.69, 9.17) is 16.3 Å². The molecule has 166 valence electrons. The molecule has 1 N–H and O–H groups in total. The van der Waals surface area contributed by atoms with Gasteiger partial charge in [0.15, 0.2) is 0 Å². The van der Waals surface area contributed by atoms with Gasteiger partial charge in [0.25, 0.3) is 5.91 Å². The maximum atomic E-state index is 12.8. The van der Waals surface area contributed by atoms with Crippen molar-refractivity contribution in [3.05, 3.63) is 69.8 Å². The molecule has 4 nitrogen and oxygen atoms in total. The highest BCUT2D eigenvalue weighted by Gasteiger charge is 2.45. The molecule has 0 bridgehead atoms. The minimum atomic E-state index is -4.19. The number of amides is 1. The first kappa shape index (κ1) is 22.2. The first-order valence-corrected chi connectivity index (χ1v) is 10.6. The van der Waals surface area contributed by atoms with Gasteiger partial charge in [-0.2, -0.15) is 18.4 Å². The lowest BCUT2D eigenvalue weighted by molar-refractivity contribution is -0.136. The van der Waals surface area contributed by atoms with Gasteiger partial charge in [0.05, 0.1) is 12.1 Å². The third kappa shape index (κ3) is 4.46. The molecule has 1 aliphatic heterocycles. The van der Waals surface area contributed by atoms with Crippen molar-refractivity contribution in [1.29, 1.82) is 5.26 Å². The molecule has 2 aliphatic rings. The summed E-state index contributed by atoms with van der Waals surface area (Å²) in [6.45, 7) is -0.0187. The number of carbonyl (C=O) groups is 1. The maximum absolute atomic E-state index is 12.8. The number of hydrogen-bond acceptors (Lipinski definition) is 3. The number of benzene rings is 2. The number of nitrogens with one attached hydrogen (secondary N) is 1. The second-order valence-electron chi connectivity index (χ2n) is 8.07. The number of nitriles is 1. The van der Waals surface area contributed by atoms with E-state index < -0.39 is 24.0 Å². The minimum Gasteiger partial charge on any atom is -0.494 e. The van der Waals surface area contributed by atoms with Crippen molar-refractivity contribution in [1.82, 2.24) is 5.32 Å². The van der Waals surface area contributed by atoms with Gasteiger partial charge in [0, 0.05) is 17.9 Å². The van der Waals surface area contributed by atoms with Crippen LogP contribution < -0.4 is 10.1 Å². The van der Waals surface area contributed by atoms with Crippen LogP contribution in [-0.4, -0.2) is 18.7 Å². The van der Waals surface area contributed by atoms with E-state index in [1.165, 1.54) is 0 Å². The normalized spacial score (nSPS) is 20.2. The third-order valence-electron chi connectivity index (χ3n) is 5.95. The zero-order valence-corrected chi connectivity index (χ0v) is 17.8. The van der Waals surface area contributed by atoms with Crippen LogP contribution in [0.15, 0.2) is 48.0 Å². The molecule has 0 aromatic heterocycles. The molecule has 0 radical (unpaired) electrons. The quantitative estimate of drug-likeness (QED) is 0.582. The van der Waals surface area contributed by atoms with Gasteiger partial charge in [0.2, 0.25) is 0 Å². The Morgan fingerprint density at radius 2 is 1.94 bits per heavy atom. The topological polar surface area (TPSA) is 62.1 Å². The summed E-state index contributed by atoms with van der Waals surface area (Å²) in [7, 11) is 0. The molecule has 0 saturated carbocycles. The Morgan fingerprint density at radius 1 is 1.19 bits per heavy atom. The zero-order chi connectivity index (χ0) is 22.9. The zero-order valence-electron chi connectivity index (χ0n) is 17.1. The Morgan fingerprint density at radius 3 is 2.62 bits per heavy atom. The Balaban J connectivity index is 1.57. The van der Waals surface area contributed by atoms with Crippen LogP contribution in [0.3, 0.4) is 0 Å². The second-order valence-corrected chi connectivity index (χ2v) is 8.51. The summed E-state index contributed by atoms with van der Waals surface area (Å²) in [5.74, 6) is 0.0975. The molecular weight excluding hydrogens is 441 g/mol. The van der Waals surface area contributed by atoms with Gasteiger partial charge in [-0.1, -0.05) is 29.8 Å². The molecule has 0 fully saturated rings. The SMILES string of the molecule is N#CC1=C(c2ccc(Cl)cc2)CC2(CCc3cc(OCCCC(F)(F)F)ccc32)NC1=O. The molecule has 0 saturated heterocycles. The lowest BCUT2D eigenvalue weighted by atomic mass is 9.78. The van der Waals surface area contributed by atoms with Crippen LogP contribution in [0.5, 0.6) is 5.75 Å². The van der Waals surface area contributed by atoms with E-state index in [2.05, 4.69) is 5.32 Å². The van der Waals surface area contributed by atoms with Gasteiger partial charge in [-0.15, -0.1) is 0 Å². The largest absolute Gasteiger partial charge is 0.494 e. The third-order valence-corrected chi connectivity index (χ3v) is 6.20. The van der Waals surface area contributed by atoms with Crippen molar-refractivity contribution >= 4 is 23.1 Å². The van der Waals surface area contributed by atoms with Gasteiger partial charge in [0.1, 0.15) is 17.4 Å². The number of nitrogens with zero attached hydrogens (tertiary/aromatic N) is 1. The lowest BCUT2D eigenvalue weighted by Gasteiger charge is -2.37. The number of aryl methyl sites for hydroxylation is 1. The summed E-state index contributed by atoms with van der Waals surface area (Å²) in [5, 5.41) is 13.2. The number of ether oxygens (including phenoxy) is 1. The van der Waals surface area contributed by atoms with Crippen molar-refractivity contribution < 1.29 is 22.7 Å². The average Bonchev–Trinajstić information content (AvgIpc) is 3.08. The van der Waals surface area contributed by atoms with Crippen LogP contribution in [0.1, 0.15) is 42.4 Å². The van der Waals surface area contributed by atoms with Gasteiger partial charge in [-0.3, -0.25) is 4.79 Å². The standard InChI is InChI=1S/C24H20ClF3N2O2/c25-17-4-2-15(3-5-17)19-13-23(30-22(31)20(19)14-29)10-8-16-12-18(6-7-21(16)23)32-11-1-9-24(26,27)28/h2-7,12H,1,8-11,13H2,(H,30,31). The van der Waals surface area contributed by atoms with Crippen LogP contribution in [0.25, 0.3) is 5.57 Å². The number of carbonyl (C=O) groups excluding carboxylic acids is 1. The molecule has 1 spiro atoms. The van der Waals surface area contributed by atoms with E-state index in [0.29, 0.717) is 35.6 Å². The summed E-state index contributed by atoms with van der Waals surface area (Å²) in [4.78, 5) is 12.8. The lowest BCUT2D eigenvalue weighted by Crippen LogP contribution is -2.48. The summed E-state index contributed by atoms with van der Waals surface area (Å²) in [5.41, 5.74) is 2.82. The summed E-state index contributed by atoms with van der Waals surface area (Å²) < 4.78 is 42.4. The van der Waals surface area contributed by atoms with Crippen LogP contribution in [0, 0.1) is 11.3 Å². The maximum Gasteiger partial charge on any atom is 0.389 e. The van der Waals surface area contributed by atoms with Gasteiger partial charge in [-0.05, 0) is 65.8 Å². The summed E-state index contributed by atoms with van der Waals surface area (Å²) in [6, 6.07) is 14.5. The van der Waals surface area contributed by atoms with Crippen molar-refractivity contribution in [3.63, 3.8) is 0 Å². The van der Waals surface area contributed by atoms with Crippen molar-refractivity contribution in [2.24, 2.45) is 0 Å². The smallest absolute Gasteiger partial charge is 0.389 e. The fraction of sp³-hybridized carbons (Fsp3) is 0.333. The van der Waals surface area contributed by atoms with Crippen LogP contribution in [0.4, 0.5) is 13.2 Å². The van der Waals surface area contributed by atoms with Crippen molar-refractivity contribution in [2.75, 3.05) is 6.61 Å². The number of alkyl halides is 3. The van der Waals surface area contributed by atoms with Crippen LogP contribution in [0.2, 0.25) is 5.02 Å². The minimum absolute atomic E-state index is 0.0187. The van der Waals surface area contributed by atoms with Gasteiger partial charge in [-0.25, -0.2) is 0 Å². The highest BCUT2D eigenvalue weighted by molar-refractivity contribution is 6.30.